The number of benzene rings is 1. The van der Waals surface area contributed by atoms with Gasteiger partial charge in [-0.05, 0) is 54.8 Å². The van der Waals surface area contributed by atoms with Crippen molar-refractivity contribution in [3.8, 4) is 0 Å². The minimum absolute atomic E-state index is 0.237. The molecule has 0 fully saturated rings. The Hall–Kier alpha value is -1.09. The number of hydrogen-bond donors (Lipinski definition) is 0. The first-order chi connectivity index (χ1) is 8.70. The summed E-state index contributed by atoms with van der Waals surface area (Å²) in [5, 5.41) is 0. The molecule has 1 aliphatic rings. The van der Waals surface area contributed by atoms with Crippen LogP contribution >= 0.6 is 15.9 Å². The molecular formula is C15H17BrO2. The van der Waals surface area contributed by atoms with Gasteiger partial charge < -0.3 is 4.74 Å². The van der Waals surface area contributed by atoms with Gasteiger partial charge in [0.15, 0.2) is 0 Å². The lowest BCUT2D eigenvalue weighted by molar-refractivity contribution is 0.0526. The van der Waals surface area contributed by atoms with Crippen molar-refractivity contribution in [3.63, 3.8) is 0 Å². The van der Waals surface area contributed by atoms with Crippen LogP contribution in [-0.2, 0) is 11.2 Å². The maximum Gasteiger partial charge on any atom is 0.338 e. The van der Waals surface area contributed by atoms with E-state index in [1.807, 2.05) is 19.1 Å². The van der Waals surface area contributed by atoms with Gasteiger partial charge in [-0.15, -0.1) is 0 Å². The molecule has 0 bridgehead atoms. The number of ether oxygens (including phenoxy) is 1. The molecule has 0 spiro atoms. The SMILES string of the molecule is CCOC(=O)c1cccc(CC2=C(Br)CCC2)c1. The summed E-state index contributed by atoms with van der Waals surface area (Å²) in [5.74, 6) is -0.237. The van der Waals surface area contributed by atoms with Crippen molar-refractivity contribution >= 4 is 21.9 Å². The zero-order chi connectivity index (χ0) is 13.0. The summed E-state index contributed by atoms with van der Waals surface area (Å²) in [6.07, 6.45) is 4.46. The smallest absolute Gasteiger partial charge is 0.338 e. The maximum atomic E-state index is 11.7. The normalized spacial score (nSPS) is 15.0. The molecule has 0 aliphatic heterocycles. The Morgan fingerprint density at radius 2 is 2.22 bits per heavy atom. The first kappa shape index (κ1) is 13.3. The van der Waals surface area contributed by atoms with Gasteiger partial charge in [-0.3, -0.25) is 0 Å². The Labute approximate surface area is 116 Å². The fourth-order valence-corrected chi connectivity index (χ4v) is 2.84. The number of carbonyl (C=O) groups is 1. The van der Waals surface area contributed by atoms with Crippen molar-refractivity contribution in [2.24, 2.45) is 0 Å². The molecule has 1 aliphatic carbocycles. The quantitative estimate of drug-likeness (QED) is 0.778. The molecule has 0 saturated carbocycles. The Morgan fingerprint density at radius 1 is 1.39 bits per heavy atom. The second-order valence-electron chi connectivity index (χ2n) is 4.46. The third kappa shape index (κ3) is 3.22. The summed E-state index contributed by atoms with van der Waals surface area (Å²) in [6.45, 7) is 2.24. The molecule has 0 radical (unpaired) electrons. The first-order valence-corrected chi connectivity index (χ1v) is 7.12. The van der Waals surface area contributed by atoms with E-state index in [1.165, 1.54) is 22.0 Å². The maximum absolute atomic E-state index is 11.7. The second-order valence-corrected chi connectivity index (χ2v) is 5.42. The van der Waals surface area contributed by atoms with Crippen LogP contribution in [0.3, 0.4) is 0 Å². The number of hydrogen-bond acceptors (Lipinski definition) is 2. The number of allylic oxidation sites excluding steroid dienone is 2. The van der Waals surface area contributed by atoms with Gasteiger partial charge in [0.05, 0.1) is 12.2 Å². The molecule has 1 aromatic rings. The summed E-state index contributed by atoms with van der Waals surface area (Å²) in [5.41, 5.74) is 3.27. The van der Waals surface area contributed by atoms with Crippen molar-refractivity contribution in [1.29, 1.82) is 0 Å². The monoisotopic (exact) mass is 308 g/mol. The summed E-state index contributed by atoms with van der Waals surface area (Å²) in [6, 6.07) is 7.72. The lowest BCUT2D eigenvalue weighted by Gasteiger charge is -2.06. The molecule has 18 heavy (non-hydrogen) atoms. The van der Waals surface area contributed by atoms with Crippen molar-refractivity contribution in [1.82, 2.24) is 0 Å². The highest BCUT2D eigenvalue weighted by Crippen LogP contribution is 2.32. The van der Waals surface area contributed by atoms with Crippen LogP contribution in [0.2, 0.25) is 0 Å². The van der Waals surface area contributed by atoms with Gasteiger partial charge in [0.1, 0.15) is 0 Å². The van der Waals surface area contributed by atoms with E-state index in [1.54, 1.807) is 6.07 Å². The van der Waals surface area contributed by atoms with Crippen LogP contribution in [0.5, 0.6) is 0 Å². The third-order valence-corrected chi connectivity index (χ3v) is 4.07. The van der Waals surface area contributed by atoms with E-state index in [9.17, 15) is 4.79 Å². The van der Waals surface area contributed by atoms with Crippen molar-refractivity contribution in [2.45, 2.75) is 32.6 Å². The van der Waals surface area contributed by atoms with Gasteiger partial charge in [0.25, 0.3) is 0 Å². The van der Waals surface area contributed by atoms with Gasteiger partial charge >= 0.3 is 5.97 Å². The Bertz CT molecular complexity index is 477. The summed E-state index contributed by atoms with van der Waals surface area (Å²) in [4.78, 5) is 11.7. The minimum atomic E-state index is -0.237. The molecule has 0 heterocycles. The Kier molecular flexibility index (Phi) is 4.59. The molecule has 96 valence electrons. The minimum Gasteiger partial charge on any atom is -0.462 e. The number of carbonyl (C=O) groups excluding carboxylic acids is 1. The van der Waals surface area contributed by atoms with Crippen molar-refractivity contribution in [3.05, 3.63) is 45.4 Å². The average molecular weight is 309 g/mol. The molecule has 2 nitrogen and oxygen atoms in total. The predicted molar refractivity (Wildman–Crippen MR) is 75.9 cm³/mol. The molecule has 0 aromatic heterocycles. The molecule has 0 unspecified atom stereocenters. The molecule has 3 heteroatoms. The third-order valence-electron chi connectivity index (χ3n) is 3.11. The van der Waals surface area contributed by atoms with Gasteiger partial charge in [-0.1, -0.05) is 33.6 Å². The average Bonchev–Trinajstić information content (AvgIpc) is 2.76. The molecule has 0 atom stereocenters. The summed E-state index contributed by atoms with van der Waals surface area (Å²) >= 11 is 3.62. The number of halogens is 1. The van der Waals surface area contributed by atoms with Crippen LogP contribution in [0.4, 0.5) is 0 Å². The van der Waals surface area contributed by atoms with E-state index in [0.717, 1.165) is 19.3 Å². The molecule has 0 N–H and O–H groups in total. The van der Waals surface area contributed by atoms with Crippen LogP contribution in [0.15, 0.2) is 34.3 Å². The van der Waals surface area contributed by atoms with E-state index in [4.69, 9.17) is 4.74 Å². The number of rotatable bonds is 4. The fourth-order valence-electron chi connectivity index (χ4n) is 2.22. The van der Waals surface area contributed by atoms with E-state index in [-0.39, 0.29) is 5.97 Å². The fraction of sp³-hybridized carbons (Fsp3) is 0.400. The molecule has 2 rings (SSSR count). The Balaban J connectivity index is 2.12. The first-order valence-electron chi connectivity index (χ1n) is 6.33. The van der Waals surface area contributed by atoms with E-state index < -0.39 is 0 Å². The summed E-state index contributed by atoms with van der Waals surface area (Å²) in [7, 11) is 0. The molecule has 0 saturated heterocycles. The lowest BCUT2D eigenvalue weighted by atomic mass is 10.0. The molecular weight excluding hydrogens is 292 g/mol. The summed E-state index contributed by atoms with van der Waals surface area (Å²) < 4.78 is 6.35. The topological polar surface area (TPSA) is 26.3 Å². The van der Waals surface area contributed by atoms with Crippen LogP contribution in [-0.4, -0.2) is 12.6 Å². The van der Waals surface area contributed by atoms with Gasteiger partial charge in [-0.25, -0.2) is 4.79 Å². The molecule has 1 aromatic carbocycles. The largest absolute Gasteiger partial charge is 0.462 e. The van der Waals surface area contributed by atoms with Crippen LogP contribution in [0, 0.1) is 0 Å². The van der Waals surface area contributed by atoms with Gasteiger partial charge in [0.2, 0.25) is 0 Å². The van der Waals surface area contributed by atoms with E-state index in [0.29, 0.717) is 12.2 Å². The van der Waals surface area contributed by atoms with Crippen LogP contribution in [0.1, 0.15) is 42.1 Å². The lowest BCUT2D eigenvalue weighted by Crippen LogP contribution is -2.05. The van der Waals surface area contributed by atoms with Crippen LogP contribution < -0.4 is 0 Å². The zero-order valence-corrected chi connectivity index (χ0v) is 12.1. The number of esters is 1. The zero-order valence-electron chi connectivity index (χ0n) is 10.5. The predicted octanol–water partition coefficient (Wildman–Crippen LogP) is 4.24. The standard InChI is InChI=1S/C15H17BrO2/c1-2-18-15(17)13-7-3-5-11(10-13)9-12-6-4-8-14(12)16/h3,5,7,10H,2,4,6,8-9H2,1H3. The van der Waals surface area contributed by atoms with Crippen molar-refractivity contribution < 1.29 is 9.53 Å². The second kappa shape index (κ2) is 6.19. The van der Waals surface area contributed by atoms with Gasteiger partial charge in [-0.2, -0.15) is 0 Å². The van der Waals surface area contributed by atoms with E-state index >= 15 is 0 Å². The highest BCUT2D eigenvalue weighted by Gasteiger charge is 2.13. The Morgan fingerprint density at radius 3 is 2.89 bits per heavy atom. The highest BCUT2D eigenvalue weighted by atomic mass is 79.9. The van der Waals surface area contributed by atoms with E-state index in [2.05, 4.69) is 22.0 Å². The highest BCUT2D eigenvalue weighted by molar-refractivity contribution is 9.11. The van der Waals surface area contributed by atoms with Gasteiger partial charge in [0, 0.05) is 0 Å². The van der Waals surface area contributed by atoms with Crippen molar-refractivity contribution in [2.75, 3.05) is 6.61 Å². The van der Waals surface area contributed by atoms with Crippen LogP contribution in [0.25, 0.3) is 0 Å². The molecule has 0 amide bonds.